The first-order chi connectivity index (χ1) is 8.99. The molecule has 0 aliphatic carbocycles. The van der Waals surface area contributed by atoms with Crippen LogP contribution in [0.2, 0.25) is 0 Å². The minimum Gasteiger partial charge on any atom is -0.293 e. The van der Waals surface area contributed by atoms with Crippen LogP contribution in [0.3, 0.4) is 0 Å². The fourth-order valence-electron chi connectivity index (χ4n) is 1.77. The molecule has 0 bridgehead atoms. The van der Waals surface area contributed by atoms with E-state index >= 15 is 0 Å². The highest BCUT2D eigenvalue weighted by atomic mass is 32.2. The van der Waals surface area contributed by atoms with Crippen molar-refractivity contribution in [3.05, 3.63) is 65.7 Å². The highest BCUT2D eigenvalue weighted by molar-refractivity contribution is 7.92. The van der Waals surface area contributed by atoms with Crippen LogP contribution in [0.1, 0.15) is 15.9 Å². The smallest absolute Gasteiger partial charge is 0.185 e. The molecule has 4 heteroatoms. The summed E-state index contributed by atoms with van der Waals surface area (Å²) in [7, 11) is -3.58. The summed E-state index contributed by atoms with van der Waals surface area (Å²) in [6.45, 7) is 1.82. The van der Waals surface area contributed by atoms with Gasteiger partial charge in [0.1, 0.15) is 5.75 Å². The van der Waals surface area contributed by atoms with E-state index < -0.39 is 15.6 Å². The van der Waals surface area contributed by atoms with Crippen molar-refractivity contribution in [3.8, 4) is 0 Å². The van der Waals surface area contributed by atoms with Crippen LogP contribution in [0.4, 0.5) is 0 Å². The fraction of sp³-hybridized carbons (Fsp3) is 0.133. The summed E-state index contributed by atoms with van der Waals surface area (Å²) < 4.78 is 24.3. The van der Waals surface area contributed by atoms with Crippen LogP contribution in [0.5, 0.6) is 0 Å². The molecule has 0 saturated carbocycles. The lowest BCUT2D eigenvalue weighted by Crippen LogP contribution is -2.16. The lowest BCUT2D eigenvalue weighted by atomic mass is 10.2. The number of benzene rings is 2. The van der Waals surface area contributed by atoms with Crippen LogP contribution in [0.25, 0.3) is 0 Å². The molecule has 0 amide bonds. The Morgan fingerprint density at radius 2 is 1.68 bits per heavy atom. The van der Waals surface area contributed by atoms with Gasteiger partial charge >= 0.3 is 0 Å². The normalized spacial score (nSPS) is 11.2. The summed E-state index contributed by atoms with van der Waals surface area (Å²) in [5.41, 5.74) is 1.27. The van der Waals surface area contributed by atoms with E-state index in [4.69, 9.17) is 0 Å². The molecule has 0 heterocycles. The molecular formula is C15H14O3S. The van der Waals surface area contributed by atoms with Crippen molar-refractivity contribution < 1.29 is 13.2 Å². The quantitative estimate of drug-likeness (QED) is 0.805. The van der Waals surface area contributed by atoms with E-state index in [2.05, 4.69) is 0 Å². The topological polar surface area (TPSA) is 51.2 Å². The molecule has 2 aromatic rings. The van der Waals surface area contributed by atoms with Crippen molar-refractivity contribution in [1.29, 1.82) is 0 Å². The molecule has 0 aromatic heterocycles. The van der Waals surface area contributed by atoms with Crippen molar-refractivity contribution in [2.24, 2.45) is 0 Å². The highest BCUT2D eigenvalue weighted by Gasteiger charge is 2.20. The highest BCUT2D eigenvalue weighted by Crippen LogP contribution is 2.14. The molecule has 0 radical (unpaired) electrons. The summed E-state index contributed by atoms with van der Waals surface area (Å²) >= 11 is 0. The third kappa shape index (κ3) is 3.29. The molecule has 0 spiro atoms. The predicted octanol–water partition coefficient (Wildman–Crippen LogP) is 2.65. The zero-order valence-corrected chi connectivity index (χ0v) is 11.4. The Labute approximate surface area is 112 Å². The number of ketones is 1. The van der Waals surface area contributed by atoms with Gasteiger partial charge in [-0.25, -0.2) is 8.42 Å². The van der Waals surface area contributed by atoms with Gasteiger partial charge in [0, 0.05) is 5.56 Å². The molecule has 19 heavy (non-hydrogen) atoms. The maximum atomic E-state index is 12.1. The first kappa shape index (κ1) is 13.5. The SMILES string of the molecule is Cc1cccc(S(=O)(=O)CC(=O)c2ccccc2)c1. The van der Waals surface area contributed by atoms with Gasteiger partial charge in [0.05, 0.1) is 4.90 Å². The van der Waals surface area contributed by atoms with Crippen LogP contribution in [-0.2, 0) is 9.84 Å². The summed E-state index contributed by atoms with van der Waals surface area (Å²) in [5.74, 6) is -0.886. The first-order valence-electron chi connectivity index (χ1n) is 5.87. The Balaban J connectivity index is 2.25. The van der Waals surface area contributed by atoms with Crippen molar-refractivity contribution >= 4 is 15.6 Å². The van der Waals surface area contributed by atoms with E-state index in [-0.39, 0.29) is 10.7 Å². The van der Waals surface area contributed by atoms with E-state index in [0.29, 0.717) is 5.56 Å². The van der Waals surface area contributed by atoms with Crippen molar-refractivity contribution in [2.75, 3.05) is 5.75 Å². The molecule has 3 nitrogen and oxygen atoms in total. The number of rotatable bonds is 4. The van der Waals surface area contributed by atoms with Crippen LogP contribution >= 0.6 is 0 Å². The van der Waals surface area contributed by atoms with E-state index in [0.717, 1.165) is 5.56 Å². The van der Waals surface area contributed by atoms with E-state index in [1.807, 2.05) is 13.0 Å². The maximum Gasteiger partial charge on any atom is 0.185 e. The van der Waals surface area contributed by atoms with E-state index in [9.17, 15) is 13.2 Å². The summed E-state index contributed by atoms with van der Waals surface area (Å²) in [6.07, 6.45) is 0. The molecule has 0 saturated heterocycles. The standard InChI is InChI=1S/C15H14O3S/c1-12-6-5-9-14(10-12)19(17,18)11-15(16)13-7-3-2-4-8-13/h2-10H,11H2,1H3. The van der Waals surface area contributed by atoms with Crippen molar-refractivity contribution in [2.45, 2.75) is 11.8 Å². The largest absolute Gasteiger partial charge is 0.293 e. The van der Waals surface area contributed by atoms with E-state index in [1.165, 1.54) is 6.07 Å². The van der Waals surface area contributed by atoms with Gasteiger partial charge < -0.3 is 0 Å². The second kappa shape index (κ2) is 5.36. The number of carbonyl (C=O) groups is 1. The van der Waals surface area contributed by atoms with Crippen molar-refractivity contribution in [3.63, 3.8) is 0 Å². The van der Waals surface area contributed by atoms with Crippen LogP contribution in [-0.4, -0.2) is 20.0 Å². The number of aryl methyl sites for hydroxylation is 1. The molecule has 2 rings (SSSR count). The van der Waals surface area contributed by atoms with Gasteiger partial charge in [-0.15, -0.1) is 0 Å². The molecule has 98 valence electrons. The molecule has 0 fully saturated rings. The molecule has 0 atom stereocenters. The van der Waals surface area contributed by atoms with Gasteiger partial charge in [0.2, 0.25) is 0 Å². The Morgan fingerprint density at radius 3 is 2.32 bits per heavy atom. The van der Waals surface area contributed by atoms with Crippen LogP contribution < -0.4 is 0 Å². The zero-order chi connectivity index (χ0) is 13.9. The third-order valence-corrected chi connectivity index (χ3v) is 4.38. The van der Waals surface area contributed by atoms with Crippen LogP contribution in [0, 0.1) is 6.92 Å². The second-order valence-electron chi connectivity index (χ2n) is 4.36. The zero-order valence-electron chi connectivity index (χ0n) is 10.5. The molecule has 0 N–H and O–H groups in total. The average molecular weight is 274 g/mol. The van der Waals surface area contributed by atoms with Gasteiger partial charge in [-0.2, -0.15) is 0 Å². The molecule has 0 unspecified atom stereocenters. The summed E-state index contributed by atoms with van der Waals surface area (Å²) in [5, 5.41) is 0. The Morgan fingerprint density at radius 1 is 1.00 bits per heavy atom. The minimum absolute atomic E-state index is 0.191. The Bertz CT molecular complexity index is 688. The number of carbonyl (C=O) groups excluding carboxylic acids is 1. The van der Waals surface area contributed by atoms with Gasteiger partial charge in [-0.05, 0) is 24.6 Å². The summed E-state index contributed by atoms with van der Waals surface area (Å²) in [4.78, 5) is 12.1. The summed E-state index contributed by atoms with van der Waals surface area (Å²) in [6, 6.07) is 15.0. The second-order valence-corrected chi connectivity index (χ2v) is 6.35. The van der Waals surface area contributed by atoms with Gasteiger partial charge in [0.25, 0.3) is 0 Å². The lowest BCUT2D eigenvalue weighted by Gasteiger charge is -2.05. The first-order valence-corrected chi connectivity index (χ1v) is 7.52. The average Bonchev–Trinajstić information content (AvgIpc) is 2.39. The van der Waals surface area contributed by atoms with Gasteiger partial charge in [-0.3, -0.25) is 4.79 Å². The Kier molecular flexibility index (Phi) is 3.81. The number of hydrogen-bond donors (Lipinski definition) is 0. The molecule has 2 aromatic carbocycles. The predicted molar refractivity (Wildman–Crippen MR) is 74.0 cm³/mol. The van der Waals surface area contributed by atoms with Crippen LogP contribution in [0.15, 0.2) is 59.5 Å². The van der Waals surface area contributed by atoms with Crippen molar-refractivity contribution in [1.82, 2.24) is 0 Å². The fourth-order valence-corrected chi connectivity index (χ4v) is 3.10. The van der Waals surface area contributed by atoms with E-state index in [1.54, 1.807) is 42.5 Å². The molecule has 0 aliphatic rings. The monoisotopic (exact) mass is 274 g/mol. The van der Waals surface area contributed by atoms with Gasteiger partial charge in [-0.1, -0.05) is 42.5 Å². The van der Waals surface area contributed by atoms with Gasteiger partial charge in [0.15, 0.2) is 15.6 Å². The number of sulfone groups is 1. The number of hydrogen-bond acceptors (Lipinski definition) is 3. The minimum atomic E-state index is -3.58. The number of Topliss-reactive ketones (excluding diaryl/α,β-unsaturated/α-hetero) is 1. The maximum absolute atomic E-state index is 12.1. The Hall–Kier alpha value is -1.94. The third-order valence-electron chi connectivity index (χ3n) is 2.77. The molecular weight excluding hydrogens is 260 g/mol. The lowest BCUT2D eigenvalue weighted by molar-refractivity contribution is 0.102. The molecule has 0 aliphatic heterocycles.